The Bertz CT molecular complexity index is 547. The second-order valence-corrected chi connectivity index (χ2v) is 4.59. The molecule has 0 spiro atoms. The zero-order valence-electron chi connectivity index (χ0n) is 9.55. The Hall–Kier alpha value is -2.14. The molecule has 0 aliphatic rings. The van der Waals surface area contributed by atoms with Crippen LogP contribution in [0, 0.1) is 0 Å². The third-order valence-corrected chi connectivity index (χ3v) is 3.06. The smallest absolute Gasteiger partial charge is 0.256 e. The first-order chi connectivity index (χ1) is 8.65. The summed E-state index contributed by atoms with van der Waals surface area (Å²) in [5, 5.41) is 6.42. The molecule has 0 aliphatic carbocycles. The number of carbonyl (C=O) groups is 2. The lowest BCUT2D eigenvalue weighted by Crippen LogP contribution is -2.14. The number of nitrogens with one attached hydrogen (secondary N) is 1. The van der Waals surface area contributed by atoms with Crippen LogP contribution in [0.25, 0.3) is 0 Å². The van der Waals surface area contributed by atoms with Gasteiger partial charge in [0, 0.05) is 11.1 Å². The minimum absolute atomic E-state index is 0.140. The molecule has 92 valence electrons. The van der Waals surface area contributed by atoms with Gasteiger partial charge in [-0.3, -0.25) is 9.59 Å². The van der Waals surface area contributed by atoms with Crippen LogP contribution in [0.2, 0.25) is 0 Å². The Morgan fingerprint density at radius 1 is 1.17 bits per heavy atom. The first-order valence-electron chi connectivity index (χ1n) is 5.36. The average Bonchev–Trinajstić information content (AvgIpc) is 2.84. The van der Waals surface area contributed by atoms with E-state index in [9.17, 15) is 9.59 Å². The second kappa shape index (κ2) is 5.46. The summed E-state index contributed by atoms with van der Waals surface area (Å²) in [6.45, 7) is 0. The Morgan fingerprint density at radius 3 is 2.44 bits per heavy atom. The van der Waals surface area contributed by atoms with Crippen LogP contribution in [0.3, 0.4) is 0 Å². The molecule has 1 aromatic carbocycles. The van der Waals surface area contributed by atoms with E-state index in [4.69, 9.17) is 5.73 Å². The number of hydrogen-bond donors (Lipinski definition) is 2. The summed E-state index contributed by atoms with van der Waals surface area (Å²) in [6.07, 6.45) is 0.207. The number of hydrogen-bond acceptors (Lipinski definition) is 3. The molecule has 2 amide bonds. The van der Waals surface area contributed by atoms with Crippen LogP contribution in [0.4, 0.5) is 5.69 Å². The standard InChI is InChI=1S/C13H12N2O2S/c14-12(16)7-9-1-3-11(4-2-9)15-13(17)10-5-6-18-8-10/h1-6,8H,7H2,(H2,14,16)(H,15,17). The highest BCUT2D eigenvalue weighted by Crippen LogP contribution is 2.13. The van der Waals surface area contributed by atoms with Crippen molar-refractivity contribution in [3.63, 3.8) is 0 Å². The van der Waals surface area contributed by atoms with Crippen LogP contribution in [0.5, 0.6) is 0 Å². The summed E-state index contributed by atoms with van der Waals surface area (Å²) < 4.78 is 0. The molecule has 0 bridgehead atoms. The molecule has 1 aromatic heterocycles. The van der Waals surface area contributed by atoms with Gasteiger partial charge in [-0.2, -0.15) is 11.3 Å². The number of nitrogens with two attached hydrogens (primary N) is 1. The molecule has 0 saturated heterocycles. The highest BCUT2D eigenvalue weighted by molar-refractivity contribution is 7.08. The van der Waals surface area contributed by atoms with Crippen molar-refractivity contribution in [3.05, 3.63) is 52.2 Å². The molecule has 2 rings (SSSR count). The number of anilines is 1. The van der Waals surface area contributed by atoms with Crippen LogP contribution in [-0.4, -0.2) is 11.8 Å². The fourth-order valence-electron chi connectivity index (χ4n) is 1.50. The Morgan fingerprint density at radius 2 is 1.89 bits per heavy atom. The minimum atomic E-state index is -0.370. The Labute approximate surface area is 108 Å². The largest absolute Gasteiger partial charge is 0.369 e. The van der Waals surface area contributed by atoms with Crippen molar-refractivity contribution in [1.82, 2.24) is 0 Å². The van der Waals surface area contributed by atoms with E-state index >= 15 is 0 Å². The van der Waals surface area contributed by atoms with Gasteiger partial charge in [0.15, 0.2) is 0 Å². The van der Waals surface area contributed by atoms with Crippen molar-refractivity contribution in [3.8, 4) is 0 Å². The number of amides is 2. The molecule has 5 heteroatoms. The number of carbonyl (C=O) groups excluding carboxylic acids is 2. The van der Waals surface area contributed by atoms with Crippen LogP contribution < -0.4 is 11.1 Å². The summed E-state index contributed by atoms with van der Waals surface area (Å²) in [4.78, 5) is 22.5. The molecule has 4 nitrogen and oxygen atoms in total. The van der Waals surface area contributed by atoms with Crippen molar-refractivity contribution in [2.45, 2.75) is 6.42 Å². The predicted octanol–water partition coefficient (Wildman–Crippen LogP) is 2.03. The fourth-order valence-corrected chi connectivity index (χ4v) is 2.14. The monoisotopic (exact) mass is 260 g/mol. The Balaban J connectivity index is 2.02. The molecular weight excluding hydrogens is 248 g/mol. The number of primary amides is 1. The molecule has 0 aliphatic heterocycles. The van der Waals surface area contributed by atoms with Gasteiger partial charge in [-0.1, -0.05) is 12.1 Å². The lowest BCUT2D eigenvalue weighted by atomic mass is 10.1. The third kappa shape index (κ3) is 3.18. The summed E-state index contributed by atoms with van der Waals surface area (Å²) in [6, 6.07) is 8.81. The van der Waals surface area contributed by atoms with Crippen LogP contribution in [0.15, 0.2) is 41.1 Å². The molecule has 0 atom stereocenters. The average molecular weight is 260 g/mol. The van der Waals surface area contributed by atoms with Crippen LogP contribution >= 0.6 is 11.3 Å². The summed E-state index contributed by atoms with van der Waals surface area (Å²) in [5.41, 5.74) is 7.26. The quantitative estimate of drug-likeness (QED) is 0.882. The van der Waals surface area contributed by atoms with E-state index in [-0.39, 0.29) is 18.2 Å². The highest BCUT2D eigenvalue weighted by Gasteiger charge is 2.06. The molecule has 0 radical (unpaired) electrons. The number of thiophene rings is 1. The lowest BCUT2D eigenvalue weighted by molar-refractivity contribution is -0.117. The first kappa shape index (κ1) is 12.3. The van der Waals surface area contributed by atoms with Crippen molar-refractivity contribution in [2.24, 2.45) is 5.73 Å². The van der Waals surface area contributed by atoms with Gasteiger partial charge in [0.05, 0.1) is 12.0 Å². The number of rotatable bonds is 4. The van der Waals surface area contributed by atoms with Crippen molar-refractivity contribution < 1.29 is 9.59 Å². The molecule has 0 saturated carbocycles. The fraction of sp³-hybridized carbons (Fsp3) is 0.0769. The third-order valence-electron chi connectivity index (χ3n) is 2.37. The van der Waals surface area contributed by atoms with E-state index in [0.717, 1.165) is 5.56 Å². The highest BCUT2D eigenvalue weighted by atomic mass is 32.1. The molecule has 0 unspecified atom stereocenters. The topological polar surface area (TPSA) is 72.2 Å². The molecular formula is C13H12N2O2S. The van der Waals surface area contributed by atoms with Crippen LogP contribution in [-0.2, 0) is 11.2 Å². The zero-order chi connectivity index (χ0) is 13.0. The molecule has 1 heterocycles. The van der Waals surface area contributed by atoms with E-state index in [1.807, 2.05) is 5.38 Å². The van der Waals surface area contributed by atoms with E-state index in [1.54, 1.807) is 35.7 Å². The summed E-state index contributed by atoms with van der Waals surface area (Å²) in [5.74, 6) is -0.510. The van der Waals surface area contributed by atoms with Gasteiger partial charge in [-0.05, 0) is 29.1 Å². The molecule has 0 fully saturated rings. The van der Waals surface area contributed by atoms with Gasteiger partial charge >= 0.3 is 0 Å². The SMILES string of the molecule is NC(=O)Cc1ccc(NC(=O)c2ccsc2)cc1. The van der Waals surface area contributed by atoms with Gasteiger partial charge in [0.2, 0.25) is 5.91 Å². The van der Waals surface area contributed by atoms with Gasteiger partial charge in [-0.25, -0.2) is 0 Å². The molecule has 18 heavy (non-hydrogen) atoms. The second-order valence-electron chi connectivity index (χ2n) is 3.81. The van der Waals surface area contributed by atoms with Gasteiger partial charge < -0.3 is 11.1 Å². The van der Waals surface area contributed by atoms with Crippen molar-refractivity contribution in [1.29, 1.82) is 0 Å². The van der Waals surface area contributed by atoms with Crippen molar-refractivity contribution in [2.75, 3.05) is 5.32 Å². The summed E-state index contributed by atoms with van der Waals surface area (Å²) in [7, 11) is 0. The maximum Gasteiger partial charge on any atom is 0.256 e. The predicted molar refractivity (Wildman–Crippen MR) is 71.6 cm³/mol. The summed E-state index contributed by atoms with van der Waals surface area (Å²) >= 11 is 1.48. The van der Waals surface area contributed by atoms with E-state index in [2.05, 4.69) is 5.32 Å². The van der Waals surface area contributed by atoms with Gasteiger partial charge in [-0.15, -0.1) is 0 Å². The van der Waals surface area contributed by atoms with E-state index in [0.29, 0.717) is 11.3 Å². The van der Waals surface area contributed by atoms with E-state index < -0.39 is 0 Å². The maximum atomic E-state index is 11.8. The number of benzene rings is 1. The van der Waals surface area contributed by atoms with E-state index in [1.165, 1.54) is 11.3 Å². The minimum Gasteiger partial charge on any atom is -0.369 e. The molecule has 3 N–H and O–H groups in total. The molecule has 2 aromatic rings. The van der Waals surface area contributed by atoms with Gasteiger partial charge in [0.25, 0.3) is 5.91 Å². The van der Waals surface area contributed by atoms with Crippen LogP contribution in [0.1, 0.15) is 15.9 Å². The Kier molecular flexibility index (Phi) is 3.74. The normalized spacial score (nSPS) is 10.0. The maximum absolute atomic E-state index is 11.8. The first-order valence-corrected chi connectivity index (χ1v) is 6.30. The zero-order valence-corrected chi connectivity index (χ0v) is 10.4. The van der Waals surface area contributed by atoms with Crippen molar-refractivity contribution >= 4 is 28.8 Å². The van der Waals surface area contributed by atoms with Gasteiger partial charge in [0.1, 0.15) is 0 Å². The lowest BCUT2D eigenvalue weighted by Gasteiger charge is -2.04.